The van der Waals surface area contributed by atoms with E-state index < -0.39 is 5.97 Å². The number of aliphatic carboxylic acids is 1. The van der Waals surface area contributed by atoms with Crippen molar-refractivity contribution in [2.24, 2.45) is 7.05 Å². The van der Waals surface area contributed by atoms with Crippen molar-refractivity contribution >= 4 is 23.5 Å². The maximum Gasteiger partial charge on any atom is 0.303 e. The van der Waals surface area contributed by atoms with Crippen molar-refractivity contribution in [1.82, 2.24) is 9.47 Å². The van der Waals surface area contributed by atoms with Crippen LogP contribution >= 0.6 is 11.6 Å². The van der Waals surface area contributed by atoms with Gasteiger partial charge in [-0.3, -0.25) is 9.59 Å². The van der Waals surface area contributed by atoms with Crippen molar-refractivity contribution in [2.75, 3.05) is 6.54 Å². The SMILES string of the molecule is Cn1cc(Cl)cc1C(=O)N(CCCC(=O)O)Cc1ccccc1. The van der Waals surface area contributed by atoms with E-state index in [4.69, 9.17) is 16.7 Å². The van der Waals surface area contributed by atoms with Gasteiger partial charge in [-0.2, -0.15) is 0 Å². The molecule has 1 amide bonds. The Morgan fingerprint density at radius 2 is 1.96 bits per heavy atom. The summed E-state index contributed by atoms with van der Waals surface area (Å²) in [6, 6.07) is 11.2. The maximum absolute atomic E-state index is 12.8. The van der Waals surface area contributed by atoms with Crippen LogP contribution in [0.5, 0.6) is 0 Å². The van der Waals surface area contributed by atoms with E-state index in [1.807, 2.05) is 30.3 Å². The quantitative estimate of drug-likeness (QED) is 0.845. The Bertz CT molecular complexity index is 682. The highest BCUT2D eigenvalue weighted by Gasteiger charge is 2.19. The van der Waals surface area contributed by atoms with Gasteiger partial charge in [-0.05, 0) is 18.1 Å². The number of benzene rings is 1. The number of carbonyl (C=O) groups is 2. The summed E-state index contributed by atoms with van der Waals surface area (Å²) in [5.41, 5.74) is 1.48. The molecule has 1 aromatic heterocycles. The van der Waals surface area contributed by atoms with Crippen molar-refractivity contribution in [2.45, 2.75) is 19.4 Å². The van der Waals surface area contributed by atoms with E-state index in [0.29, 0.717) is 30.2 Å². The van der Waals surface area contributed by atoms with E-state index in [1.165, 1.54) is 0 Å². The molecule has 1 N–H and O–H groups in total. The van der Waals surface area contributed by atoms with Crippen LogP contribution in [0.4, 0.5) is 0 Å². The van der Waals surface area contributed by atoms with Gasteiger partial charge in [-0.1, -0.05) is 41.9 Å². The van der Waals surface area contributed by atoms with Crippen LogP contribution < -0.4 is 0 Å². The number of nitrogens with zero attached hydrogens (tertiary/aromatic N) is 2. The van der Waals surface area contributed by atoms with Crippen LogP contribution in [0.15, 0.2) is 42.6 Å². The third-order valence-corrected chi connectivity index (χ3v) is 3.72. The summed E-state index contributed by atoms with van der Waals surface area (Å²) in [6.07, 6.45) is 2.12. The Balaban J connectivity index is 2.16. The average molecular weight is 335 g/mol. The number of aryl methyl sites for hydroxylation is 1. The lowest BCUT2D eigenvalue weighted by atomic mass is 10.2. The van der Waals surface area contributed by atoms with Gasteiger partial charge >= 0.3 is 5.97 Å². The van der Waals surface area contributed by atoms with Crippen molar-refractivity contribution in [3.05, 3.63) is 58.9 Å². The molecule has 2 rings (SSSR count). The van der Waals surface area contributed by atoms with Crippen molar-refractivity contribution in [3.63, 3.8) is 0 Å². The van der Waals surface area contributed by atoms with Gasteiger partial charge in [0.25, 0.3) is 5.91 Å². The average Bonchev–Trinajstić information content (AvgIpc) is 2.85. The summed E-state index contributed by atoms with van der Waals surface area (Å²) < 4.78 is 1.68. The summed E-state index contributed by atoms with van der Waals surface area (Å²) in [5.74, 6) is -1.02. The molecule has 0 bridgehead atoms. The number of hydrogen-bond acceptors (Lipinski definition) is 2. The first-order chi connectivity index (χ1) is 11.0. The standard InChI is InChI=1S/C17H19ClN2O3/c1-19-12-14(18)10-15(19)17(23)20(9-5-8-16(21)22)11-13-6-3-2-4-7-13/h2-4,6-7,10,12H,5,8-9,11H2,1H3,(H,21,22). The number of rotatable bonds is 7. The second kappa shape index (κ2) is 7.83. The topological polar surface area (TPSA) is 62.5 Å². The summed E-state index contributed by atoms with van der Waals surface area (Å²) in [5, 5.41) is 9.30. The number of hydrogen-bond donors (Lipinski definition) is 1. The molecule has 2 aromatic rings. The highest BCUT2D eigenvalue weighted by Crippen LogP contribution is 2.17. The van der Waals surface area contributed by atoms with E-state index in [-0.39, 0.29) is 12.3 Å². The molecule has 0 saturated carbocycles. The number of halogens is 1. The van der Waals surface area contributed by atoms with Crippen molar-refractivity contribution in [1.29, 1.82) is 0 Å². The minimum Gasteiger partial charge on any atom is -0.481 e. The molecule has 1 aromatic carbocycles. The molecule has 0 unspecified atom stereocenters. The largest absolute Gasteiger partial charge is 0.481 e. The maximum atomic E-state index is 12.8. The van der Waals surface area contributed by atoms with E-state index in [9.17, 15) is 9.59 Å². The zero-order chi connectivity index (χ0) is 16.8. The Labute approximate surface area is 140 Å². The Morgan fingerprint density at radius 1 is 1.26 bits per heavy atom. The van der Waals surface area contributed by atoms with Crippen LogP contribution in [0.3, 0.4) is 0 Å². The van der Waals surface area contributed by atoms with Gasteiger partial charge in [0.2, 0.25) is 0 Å². The number of aromatic nitrogens is 1. The fourth-order valence-electron chi connectivity index (χ4n) is 2.38. The predicted octanol–water partition coefficient (Wildman–Crippen LogP) is 3.19. The molecule has 0 spiro atoms. The summed E-state index contributed by atoms with van der Waals surface area (Å²) in [7, 11) is 1.76. The van der Waals surface area contributed by atoms with Gasteiger partial charge in [-0.25, -0.2) is 0 Å². The molecule has 0 saturated heterocycles. The smallest absolute Gasteiger partial charge is 0.303 e. The lowest BCUT2D eigenvalue weighted by Crippen LogP contribution is -2.33. The van der Waals surface area contributed by atoms with Crippen LogP contribution in [0, 0.1) is 0 Å². The van der Waals surface area contributed by atoms with Crippen molar-refractivity contribution < 1.29 is 14.7 Å². The predicted molar refractivity (Wildman–Crippen MR) is 88.5 cm³/mol. The number of carbonyl (C=O) groups excluding carboxylic acids is 1. The molecule has 0 aliphatic carbocycles. The van der Waals surface area contributed by atoms with Gasteiger partial charge in [0.05, 0.1) is 5.02 Å². The van der Waals surface area contributed by atoms with Crippen LogP contribution in [0.1, 0.15) is 28.9 Å². The van der Waals surface area contributed by atoms with Crippen LogP contribution in [0.25, 0.3) is 0 Å². The monoisotopic (exact) mass is 334 g/mol. The van der Waals surface area contributed by atoms with E-state index in [1.54, 1.807) is 28.8 Å². The molecule has 122 valence electrons. The van der Waals surface area contributed by atoms with E-state index in [0.717, 1.165) is 5.56 Å². The molecule has 0 fully saturated rings. The molecule has 1 heterocycles. The normalized spacial score (nSPS) is 10.5. The van der Waals surface area contributed by atoms with Crippen LogP contribution in [-0.2, 0) is 18.4 Å². The van der Waals surface area contributed by atoms with Crippen LogP contribution in [0.2, 0.25) is 5.02 Å². The first-order valence-electron chi connectivity index (χ1n) is 7.34. The van der Waals surface area contributed by atoms with Gasteiger partial charge in [-0.15, -0.1) is 0 Å². The molecule has 0 radical (unpaired) electrons. The number of carboxylic acids is 1. The Morgan fingerprint density at radius 3 is 2.52 bits per heavy atom. The minimum absolute atomic E-state index is 0.0342. The van der Waals surface area contributed by atoms with E-state index in [2.05, 4.69) is 0 Å². The fourth-order valence-corrected chi connectivity index (χ4v) is 2.63. The van der Waals surface area contributed by atoms with Gasteiger partial charge in [0.1, 0.15) is 5.69 Å². The summed E-state index contributed by atoms with van der Waals surface area (Å²) in [6.45, 7) is 0.810. The second-order valence-corrected chi connectivity index (χ2v) is 5.80. The van der Waals surface area contributed by atoms with Crippen molar-refractivity contribution in [3.8, 4) is 0 Å². The first-order valence-corrected chi connectivity index (χ1v) is 7.72. The molecular weight excluding hydrogens is 316 g/mol. The zero-order valence-corrected chi connectivity index (χ0v) is 13.7. The molecule has 5 nitrogen and oxygen atoms in total. The zero-order valence-electron chi connectivity index (χ0n) is 12.9. The third-order valence-electron chi connectivity index (χ3n) is 3.51. The number of amides is 1. The third kappa shape index (κ3) is 4.86. The van der Waals surface area contributed by atoms with E-state index >= 15 is 0 Å². The number of carboxylic acid groups (broad SMARTS) is 1. The highest BCUT2D eigenvalue weighted by atomic mass is 35.5. The molecule has 0 atom stereocenters. The summed E-state index contributed by atoms with van der Waals surface area (Å²) in [4.78, 5) is 25.1. The fraction of sp³-hybridized carbons (Fsp3) is 0.294. The summed E-state index contributed by atoms with van der Waals surface area (Å²) >= 11 is 5.95. The van der Waals surface area contributed by atoms with Gasteiger partial charge < -0.3 is 14.6 Å². The highest BCUT2D eigenvalue weighted by molar-refractivity contribution is 6.31. The second-order valence-electron chi connectivity index (χ2n) is 5.36. The molecule has 6 heteroatoms. The lowest BCUT2D eigenvalue weighted by molar-refractivity contribution is -0.137. The van der Waals surface area contributed by atoms with Gasteiger partial charge in [0.15, 0.2) is 0 Å². The van der Waals surface area contributed by atoms with Gasteiger partial charge in [0, 0.05) is 32.8 Å². The Hall–Kier alpha value is -2.27. The molecular formula is C17H19ClN2O3. The van der Waals surface area contributed by atoms with Crippen LogP contribution in [-0.4, -0.2) is 33.0 Å². The molecule has 0 aliphatic rings. The minimum atomic E-state index is -0.862. The molecule has 0 aliphatic heterocycles. The first kappa shape index (κ1) is 17.1. The Kier molecular flexibility index (Phi) is 5.82. The molecule has 23 heavy (non-hydrogen) atoms. The lowest BCUT2D eigenvalue weighted by Gasteiger charge is -2.23.